The number of hydrogen-bond acceptors (Lipinski definition) is 1. The molecule has 0 radical (unpaired) electrons. The zero-order valence-corrected chi connectivity index (χ0v) is 27.6. The Bertz CT molecular complexity index is 1030. The van der Waals surface area contributed by atoms with E-state index in [1.54, 1.807) is 0 Å². The Morgan fingerprint density at radius 1 is 0.561 bits per heavy atom. The summed E-state index contributed by atoms with van der Waals surface area (Å²) in [6.45, 7) is 17.9. The normalized spacial score (nSPS) is 14.8. The van der Waals surface area contributed by atoms with Gasteiger partial charge in [0, 0.05) is 0 Å². The van der Waals surface area contributed by atoms with Gasteiger partial charge in [-0.25, -0.2) is 0 Å². The SMILES string of the molecule is CCC(C)=CCCC(=CC(OC(C=C(CC)CCC=C(C)CC)c1ccc(CC)cc1)c1ccc(CC)cc1)CC. The lowest BCUT2D eigenvalue weighted by molar-refractivity contribution is 0.0386. The molecule has 0 saturated carbocycles. The summed E-state index contributed by atoms with van der Waals surface area (Å²) < 4.78 is 7.15. The van der Waals surface area contributed by atoms with E-state index in [2.05, 4.69) is 128 Å². The summed E-state index contributed by atoms with van der Waals surface area (Å²) in [7, 11) is 0. The molecule has 0 saturated heterocycles. The highest BCUT2D eigenvalue weighted by Crippen LogP contribution is 2.33. The number of allylic oxidation sites excluding steroid dienone is 6. The quantitative estimate of drug-likeness (QED) is 0.166. The molecule has 41 heavy (non-hydrogen) atoms. The van der Waals surface area contributed by atoms with Crippen LogP contribution in [0.4, 0.5) is 0 Å². The average molecular weight is 555 g/mol. The van der Waals surface area contributed by atoms with Crippen LogP contribution < -0.4 is 0 Å². The van der Waals surface area contributed by atoms with E-state index in [9.17, 15) is 0 Å². The van der Waals surface area contributed by atoms with Crippen LogP contribution in [0, 0.1) is 0 Å². The van der Waals surface area contributed by atoms with Crippen molar-refractivity contribution in [1.82, 2.24) is 0 Å². The molecule has 1 nitrogen and oxygen atoms in total. The molecule has 0 bridgehead atoms. The van der Waals surface area contributed by atoms with Gasteiger partial charge in [0.2, 0.25) is 0 Å². The van der Waals surface area contributed by atoms with Crippen LogP contribution in [0.5, 0.6) is 0 Å². The molecule has 0 heterocycles. The first kappa shape index (κ1) is 34.6. The van der Waals surface area contributed by atoms with E-state index in [1.807, 2.05) is 0 Å². The lowest BCUT2D eigenvalue weighted by Gasteiger charge is -2.24. The van der Waals surface area contributed by atoms with Crippen molar-refractivity contribution in [2.24, 2.45) is 0 Å². The third kappa shape index (κ3) is 12.4. The van der Waals surface area contributed by atoms with Gasteiger partial charge in [-0.05, 0) is 100 Å². The molecule has 0 aromatic heterocycles. The Morgan fingerprint density at radius 3 is 1.22 bits per heavy atom. The van der Waals surface area contributed by atoms with Gasteiger partial charge in [-0.2, -0.15) is 0 Å². The van der Waals surface area contributed by atoms with E-state index < -0.39 is 0 Å². The van der Waals surface area contributed by atoms with Gasteiger partial charge in [-0.3, -0.25) is 0 Å². The lowest BCUT2D eigenvalue weighted by Crippen LogP contribution is -2.10. The fourth-order valence-electron chi connectivity index (χ4n) is 4.95. The van der Waals surface area contributed by atoms with Gasteiger partial charge in [0.15, 0.2) is 0 Å². The second kappa shape index (κ2) is 19.5. The molecule has 224 valence electrons. The third-order valence-corrected chi connectivity index (χ3v) is 8.44. The molecule has 0 amide bonds. The van der Waals surface area contributed by atoms with Gasteiger partial charge in [0.25, 0.3) is 0 Å². The van der Waals surface area contributed by atoms with Crippen molar-refractivity contribution in [3.63, 3.8) is 0 Å². The van der Waals surface area contributed by atoms with Crippen LogP contribution in [0.3, 0.4) is 0 Å². The first-order chi connectivity index (χ1) is 19.9. The summed E-state index contributed by atoms with van der Waals surface area (Å²) in [5.74, 6) is 0. The molecule has 0 aliphatic rings. The van der Waals surface area contributed by atoms with Crippen molar-refractivity contribution in [1.29, 1.82) is 0 Å². The van der Waals surface area contributed by atoms with Gasteiger partial charge in [0.05, 0.1) is 0 Å². The van der Waals surface area contributed by atoms with Gasteiger partial charge >= 0.3 is 0 Å². The molecule has 2 rings (SSSR count). The first-order valence-corrected chi connectivity index (χ1v) is 16.4. The summed E-state index contributed by atoms with van der Waals surface area (Å²) in [6, 6.07) is 18.1. The topological polar surface area (TPSA) is 9.23 Å². The largest absolute Gasteiger partial charge is 0.357 e. The monoisotopic (exact) mass is 554 g/mol. The molecule has 0 aliphatic carbocycles. The summed E-state index contributed by atoms with van der Waals surface area (Å²) >= 11 is 0. The van der Waals surface area contributed by atoms with Crippen molar-refractivity contribution >= 4 is 0 Å². The molecule has 1 heteroatoms. The number of benzene rings is 2. The van der Waals surface area contributed by atoms with E-state index in [-0.39, 0.29) is 12.2 Å². The van der Waals surface area contributed by atoms with Crippen molar-refractivity contribution < 1.29 is 4.74 Å². The Labute approximate surface area is 253 Å². The van der Waals surface area contributed by atoms with Gasteiger partial charge in [-0.15, -0.1) is 0 Å². The highest BCUT2D eigenvalue weighted by atomic mass is 16.5. The van der Waals surface area contributed by atoms with E-state index in [0.29, 0.717) is 0 Å². The lowest BCUT2D eigenvalue weighted by atomic mass is 9.97. The van der Waals surface area contributed by atoms with Gasteiger partial charge < -0.3 is 4.74 Å². The minimum absolute atomic E-state index is 0.0976. The highest BCUT2D eigenvalue weighted by molar-refractivity contribution is 5.31. The summed E-state index contributed by atoms with van der Waals surface area (Å²) in [6.07, 6.45) is 20.2. The number of aryl methyl sites for hydroxylation is 2. The Kier molecular flexibility index (Phi) is 16.4. The van der Waals surface area contributed by atoms with Crippen LogP contribution >= 0.6 is 0 Å². The second-order valence-corrected chi connectivity index (χ2v) is 11.4. The van der Waals surface area contributed by atoms with Gasteiger partial charge in [0.1, 0.15) is 12.2 Å². The van der Waals surface area contributed by atoms with Crippen LogP contribution in [-0.2, 0) is 17.6 Å². The van der Waals surface area contributed by atoms with E-state index in [0.717, 1.165) is 64.2 Å². The maximum Gasteiger partial charge on any atom is 0.102 e. The summed E-state index contributed by atoms with van der Waals surface area (Å²) in [4.78, 5) is 0. The minimum atomic E-state index is -0.0976. The van der Waals surface area contributed by atoms with Gasteiger partial charge in [-0.1, -0.05) is 137 Å². The Balaban J connectivity index is 2.51. The summed E-state index contributed by atoms with van der Waals surface area (Å²) in [5.41, 5.74) is 11.1. The van der Waals surface area contributed by atoms with E-state index in [1.165, 1.54) is 44.5 Å². The zero-order chi connectivity index (χ0) is 30.0. The maximum atomic E-state index is 7.15. The second-order valence-electron chi connectivity index (χ2n) is 11.4. The number of ether oxygens (including phenoxy) is 1. The molecular formula is C40H58O. The smallest absolute Gasteiger partial charge is 0.102 e. The van der Waals surface area contributed by atoms with Crippen molar-refractivity contribution in [2.75, 3.05) is 0 Å². The Morgan fingerprint density at radius 2 is 0.927 bits per heavy atom. The molecule has 2 atom stereocenters. The number of rotatable bonds is 18. The van der Waals surface area contributed by atoms with Crippen molar-refractivity contribution in [3.05, 3.63) is 117 Å². The molecule has 0 fully saturated rings. The fraction of sp³-hybridized carbons (Fsp3) is 0.500. The third-order valence-electron chi connectivity index (χ3n) is 8.44. The zero-order valence-electron chi connectivity index (χ0n) is 27.6. The Hall–Kier alpha value is -2.64. The molecule has 2 aromatic rings. The van der Waals surface area contributed by atoms with Crippen LogP contribution in [0.1, 0.15) is 141 Å². The van der Waals surface area contributed by atoms with Crippen LogP contribution in [0.25, 0.3) is 0 Å². The van der Waals surface area contributed by atoms with E-state index >= 15 is 0 Å². The van der Waals surface area contributed by atoms with Crippen molar-refractivity contribution in [2.45, 2.75) is 132 Å². The fourth-order valence-corrected chi connectivity index (χ4v) is 4.95. The maximum absolute atomic E-state index is 7.15. The molecular weight excluding hydrogens is 496 g/mol. The number of hydrogen-bond donors (Lipinski definition) is 0. The first-order valence-electron chi connectivity index (χ1n) is 16.4. The van der Waals surface area contributed by atoms with Crippen LogP contribution in [-0.4, -0.2) is 0 Å². The highest BCUT2D eigenvalue weighted by Gasteiger charge is 2.19. The standard InChI is InChI=1S/C40H58O/c1-9-31(7)17-15-19-35(13-5)29-39(37-25-21-33(11-3)22-26-37)41-40(38-27-23-34(12-4)24-28-38)30-36(14-6)20-16-18-32(8)10-2/h17-18,21-30,39-40H,9-16,19-20H2,1-8H3. The molecule has 0 spiro atoms. The predicted octanol–water partition coefficient (Wildman–Crippen LogP) is 12.6. The van der Waals surface area contributed by atoms with Crippen LogP contribution in [0.15, 0.2) is 95.1 Å². The molecule has 0 N–H and O–H groups in total. The van der Waals surface area contributed by atoms with E-state index in [4.69, 9.17) is 4.74 Å². The molecule has 2 aromatic carbocycles. The average Bonchev–Trinajstić information content (AvgIpc) is 3.02. The molecule has 0 aliphatic heterocycles. The molecule has 2 unspecified atom stereocenters. The minimum Gasteiger partial charge on any atom is -0.357 e. The summed E-state index contributed by atoms with van der Waals surface area (Å²) in [5, 5.41) is 0. The van der Waals surface area contributed by atoms with Crippen LogP contribution in [0.2, 0.25) is 0 Å². The predicted molar refractivity (Wildman–Crippen MR) is 182 cm³/mol. The van der Waals surface area contributed by atoms with Crippen molar-refractivity contribution in [3.8, 4) is 0 Å².